The summed E-state index contributed by atoms with van der Waals surface area (Å²) in [5.41, 5.74) is 3.64. The lowest BCUT2D eigenvalue weighted by Gasteiger charge is -2.39. The number of benzene rings is 2. The van der Waals surface area contributed by atoms with Gasteiger partial charge in [0, 0.05) is 43.5 Å². The van der Waals surface area contributed by atoms with Gasteiger partial charge in [-0.2, -0.15) is 0 Å². The molecule has 6 rings (SSSR count). The minimum Gasteiger partial charge on any atom is -0.487 e. The van der Waals surface area contributed by atoms with Crippen molar-refractivity contribution in [2.24, 2.45) is 5.92 Å². The maximum absolute atomic E-state index is 13.1. The van der Waals surface area contributed by atoms with Gasteiger partial charge in [0.1, 0.15) is 17.9 Å². The van der Waals surface area contributed by atoms with E-state index in [1.165, 1.54) is 18.4 Å². The number of hydrogen-bond acceptors (Lipinski definition) is 5. The first-order valence-corrected chi connectivity index (χ1v) is 13.6. The van der Waals surface area contributed by atoms with Gasteiger partial charge in [-0.05, 0) is 73.9 Å². The molecule has 3 aliphatic heterocycles. The zero-order chi connectivity index (χ0) is 25.4. The Balaban J connectivity index is 1.15. The third kappa shape index (κ3) is 5.43. The van der Waals surface area contributed by atoms with Gasteiger partial charge in [-0.1, -0.05) is 36.9 Å². The van der Waals surface area contributed by atoms with Gasteiger partial charge in [-0.15, -0.1) is 0 Å². The molecule has 0 radical (unpaired) electrons. The lowest BCUT2D eigenvalue weighted by atomic mass is 10.00. The number of nitrogens with one attached hydrogen (secondary N) is 2. The maximum atomic E-state index is 13.1. The van der Waals surface area contributed by atoms with Crippen LogP contribution in [0.4, 0.5) is 0 Å². The molecule has 1 unspecified atom stereocenters. The number of amides is 2. The molecule has 0 spiro atoms. The van der Waals surface area contributed by atoms with E-state index in [0.717, 1.165) is 55.5 Å². The molecule has 7 nitrogen and oxygen atoms in total. The third-order valence-electron chi connectivity index (χ3n) is 8.15. The highest BCUT2D eigenvalue weighted by molar-refractivity contribution is 6.01. The van der Waals surface area contributed by atoms with E-state index in [2.05, 4.69) is 52.4 Å². The molecule has 2 aromatic carbocycles. The van der Waals surface area contributed by atoms with E-state index in [9.17, 15) is 9.59 Å². The summed E-state index contributed by atoms with van der Waals surface area (Å²) in [6.07, 6.45) is 5.03. The Labute approximate surface area is 218 Å². The van der Waals surface area contributed by atoms with E-state index in [4.69, 9.17) is 4.74 Å². The molecular weight excluding hydrogens is 464 g/mol. The number of hydrogen-bond donors (Lipinski definition) is 2. The average molecular weight is 501 g/mol. The maximum Gasteiger partial charge on any atom is 0.255 e. The smallest absolute Gasteiger partial charge is 0.255 e. The Kier molecular flexibility index (Phi) is 6.74. The van der Waals surface area contributed by atoms with Crippen LogP contribution in [0.1, 0.15) is 53.6 Å². The lowest BCUT2D eigenvalue weighted by Crippen LogP contribution is -2.55. The van der Waals surface area contributed by atoms with Crippen molar-refractivity contribution in [3.63, 3.8) is 0 Å². The zero-order valence-electron chi connectivity index (χ0n) is 21.3. The monoisotopic (exact) mass is 500 g/mol. The second-order valence-corrected chi connectivity index (χ2v) is 11.0. The normalized spacial score (nSPS) is 26.2. The van der Waals surface area contributed by atoms with Gasteiger partial charge in [0.15, 0.2) is 0 Å². The molecule has 2 N–H and O–H groups in total. The first kappa shape index (κ1) is 24.2. The van der Waals surface area contributed by atoms with Crippen molar-refractivity contribution in [2.75, 3.05) is 19.6 Å². The molecule has 0 bridgehead atoms. The van der Waals surface area contributed by atoms with Crippen LogP contribution in [0, 0.1) is 5.92 Å². The van der Waals surface area contributed by atoms with E-state index >= 15 is 0 Å². The zero-order valence-corrected chi connectivity index (χ0v) is 21.3. The molecule has 0 aromatic heterocycles. The Morgan fingerprint density at radius 2 is 1.89 bits per heavy atom. The lowest BCUT2D eigenvalue weighted by molar-refractivity contribution is -0.126. The number of rotatable bonds is 8. The van der Waals surface area contributed by atoms with Gasteiger partial charge < -0.3 is 20.3 Å². The second kappa shape index (κ2) is 10.3. The molecule has 194 valence electrons. The number of carbonyl (C=O) groups excluding carboxylic acids is 2. The largest absolute Gasteiger partial charge is 0.487 e. The predicted molar refractivity (Wildman–Crippen MR) is 142 cm³/mol. The fourth-order valence-electron chi connectivity index (χ4n) is 5.84. The predicted octanol–water partition coefficient (Wildman–Crippen LogP) is 3.46. The van der Waals surface area contributed by atoms with Gasteiger partial charge in [0.05, 0.1) is 0 Å². The van der Waals surface area contributed by atoms with Crippen LogP contribution in [0.5, 0.6) is 5.75 Å². The molecule has 3 heterocycles. The van der Waals surface area contributed by atoms with Gasteiger partial charge in [-0.25, -0.2) is 0 Å². The van der Waals surface area contributed by atoms with Crippen LogP contribution in [0.15, 0.2) is 60.8 Å². The number of ether oxygens (including phenoxy) is 1. The van der Waals surface area contributed by atoms with Crippen molar-refractivity contribution >= 4 is 11.8 Å². The molecule has 3 fully saturated rings. The fraction of sp³-hybridized carbons (Fsp3) is 0.467. The fourth-order valence-corrected chi connectivity index (χ4v) is 5.84. The molecular formula is C30H36N4O3. The first-order chi connectivity index (χ1) is 18.0. The summed E-state index contributed by atoms with van der Waals surface area (Å²) in [5, 5.41) is 6.60. The van der Waals surface area contributed by atoms with Gasteiger partial charge in [-0.3, -0.25) is 14.5 Å². The summed E-state index contributed by atoms with van der Waals surface area (Å²) < 4.78 is 6.64. The topological polar surface area (TPSA) is 73.9 Å². The van der Waals surface area contributed by atoms with E-state index < -0.39 is 6.04 Å². The summed E-state index contributed by atoms with van der Waals surface area (Å²) >= 11 is 0. The molecule has 2 saturated heterocycles. The minimum absolute atomic E-state index is 0.0256. The van der Waals surface area contributed by atoms with Crippen LogP contribution >= 0.6 is 0 Å². The molecule has 37 heavy (non-hydrogen) atoms. The number of fused-ring (bicyclic) bond motifs is 1. The quantitative estimate of drug-likeness (QED) is 0.581. The Hall–Kier alpha value is -3.16. The molecule has 1 saturated carbocycles. The Morgan fingerprint density at radius 3 is 2.68 bits per heavy atom. The van der Waals surface area contributed by atoms with Crippen LogP contribution < -0.4 is 15.4 Å². The Morgan fingerprint density at radius 1 is 1.05 bits per heavy atom. The summed E-state index contributed by atoms with van der Waals surface area (Å²) in [6.45, 7) is 8.16. The van der Waals surface area contributed by atoms with Gasteiger partial charge >= 0.3 is 0 Å². The van der Waals surface area contributed by atoms with Crippen LogP contribution in [0.2, 0.25) is 0 Å². The van der Waals surface area contributed by atoms with Crippen LogP contribution in [-0.2, 0) is 17.9 Å². The molecule has 1 aliphatic carbocycles. The van der Waals surface area contributed by atoms with Crippen molar-refractivity contribution in [3.8, 4) is 5.75 Å². The highest BCUT2D eigenvalue weighted by atomic mass is 16.5. The van der Waals surface area contributed by atoms with Crippen LogP contribution in [-0.4, -0.2) is 59.4 Å². The summed E-state index contributed by atoms with van der Waals surface area (Å²) in [5.74, 6) is 1.39. The van der Waals surface area contributed by atoms with Gasteiger partial charge in [0.2, 0.25) is 5.91 Å². The van der Waals surface area contributed by atoms with E-state index in [1.54, 1.807) is 4.90 Å². The highest BCUT2D eigenvalue weighted by Gasteiger charge is 2.39. The van der Waals surface area contributed by atoms with Crippen molar-refractivity contribution < 1.29 is 14.3 Å². The van der Waals surface area contributed by atoms with E-state index in [-0.39, 0.29) is 17.9 Å². The average Bonchev–Trinajstić information content (AvgIpc) is 3.67. The van der Waals surface area contributed by atoms with Crippen LogP contribution in [0.3, 0.4) is 0 Å². The van der Waals surface area contributed by atoms with Crippen molar-refractivity contribution in [1.82, 2.24) is 20.4 Å². The highest BCUT2D eigenvalue weighted by Crippen LogP contribution is 2.32. The second-order valence-electron chi connectivity index (χ2n) is 11.0. The Bertz CT molecular complexity index is 1180. The summed E-state index contributed by atoms with van der Waals surface area (Å²) in [6, 6.07) is 16.2. The number of nitrogens with zero attached hydrogens (tertiary/aromatic N) is 2. The molecule has 2 amide bonds. The van der Waals surface area contributed by atoms with Crippen molar-refractivity contribution in [3.05, 3.63) is 77.5 Å². The minimum atomic E-state index is -0.448. The van der Waals surface area contributed by atoms with Crippen molar-refractivity contribution in [2.45, 2.75) is 63.4 Å². The first-order valence-electron chi connectivity index (χ1n) is 13.6. The number of piperidine rings is 2. The SMILES string of the molecule is C=C1CCC(N2Cc3cc(O[C@H]4CN(Cc5ccccc5)CC[C@@H]4NCC4CC4)ccc3C2=O)C(=O)N1. The molecule has 2 aromatic rings. The standard InChI is InChI=1S/C30H36N4O3/c1-20-7-12-27(29(35)32-20)34-18-23-15-24(10-11-25(23)30(34)36)37-28-19-33(17-22-5-3-2-4-6-22)14-13-26(28)31-16-21-8-9-21/h2-6,10-11,15,21,26-28,31H,1,7-9,12-14,16-19H2,(H,32,35)/t26-,27?,28-/m0/s1. The van der Waals surface area contributed by atoms with E-state index in [0.29, 0.717) is 31.0 Å². The summed E-state index contributed by atoms with van der Waals surface area (Å²) in [4.78, 5) is 29.8. The van der Waals surface area contributed by atoms with E-state index in [1.807, 2.05) is 18.2 Å². The molecule has 3 atom stereocenters. The molecule has 4 aliphatic rings. The third-order valence-corrected chi connectivity index (χ3v) is 8.15. The number of likely N-dealkylation sites (tertiary alicyclic amines) is 1. The summed E-state index contributed by atoms with van der Waals surface area (Å²) in [7, 11) is 0. The molecule has 7 heteroatoms. The number of carbonyl (C=O) groups is 2. The van der Waals surface area contributed by atoms with Crippen LogP contribution in [0.25, 0.3) is 0 Å². The van der Waals surface area contributed by atoms with Crippen molar-refractivity contribution in [1.29, 1.82) is 0 Å². The number of allylic oxidation sites excluding steroid dienone is 1. The van der Waals surface area contributed by atoms with Gasteiger partial charge in [0.25, 0.3) is 5.91 Å².